The van der Waals surface area contributed by atoms with Gasteiger partial charge in [0.15, 0.2) is 0 Å². The molecule has 1 saturated heterocycles. The van der Waals surface area contributed by atoms with Crippen molar-refractivity contribution in [2.24, 2.45) is 0 Å². The summed E-state index contributed by atoms with van der Waals surface area (Å²) in [5.74, 6) is -0.919. The van der Waals surface area contributed by atoms with E-state index in [4.69, 9.17) is 5.26 Å². The van der Waals surface area contributed by atoms with Gasteiger partial charge >= 0.3 is 6.36 Å². The van der Waals surface area contributed by atoms with Crippen molar-refractivity contribution < 1.29 is 32.9 Å². The van der Waals surface area contributed by atoms with Crippen molar-refractivity contribution >= 4 is 17.3 Å². The third-order valence-electron chi connectivity index (χ3n) is 5.30. The number of ether oxygens (including phenoxy) is 1. The lowest BCUT2D eigenvalue weighted by Gasteiger charge is -2.22. The van der Waals surface area contributed by atoms with E-state index in [2.05, 4.69) is 15.0 Å². The minimum Gasteiger partial charge on any atom is -0.406 e. The molecule has 34 heavy (non-hydrogen) atoms. The highest BCUT2D eigenvalue weighted by Crippen LogP contribution is 2.34. The lowest BCUT2D eigenvalue weighted by Crippen LogP contribution is -2.22. The molecule has 0 aliphatic carbocycles. The van der Waals surface area contributed by atoms with Crippen LogP contribution >= 0.6 is 0 Å². The molecule has 4 rings (SSSR count). The van der Waals surface area contributed by atoms with E-state index in [1.807, 2.05) is 6.07 Å². The number of hydrogen-bond acceptors (Lipinski definition) is 6. The smallest absolute Gasteiger partial charge is 0.406 e. The Morgan fingerprint density at radius 3 is 2.35 bits per heavy atom. The molecule has 176 valence electrons. The number of aliphatic hydroxyl groups excluding tert-OH is 2. The van der Waals surface area contributed by atoms with E-state index in [-0.39, 0.29) is 24.3 Å². The maximum Gasteiger partial charge on any atom is 0.573 e. The molecule has 1 unspecified atom stereocenters. The number of aromatic amines is 1. The van der Waals surface area contributed by atoms with Gasteiger partial charge in [-0.15, -0.1) is 13.2 Å². The predicted molar refractivity (Wildman–Crippen MR) is 116 cm³/mol. The number of nitrogens with zero attached hydrogens (tertiary/aromatic N) is 2. The molecule has 11 heteroatoms. The molecular weight excluding hydrogens is 453 g/mol. The Kier molecular flexibility index (Phi) is 6.19. The Morgan fingerprint density at radius 2 is 1.76 bits per heavy atom. The van der Waals surface area contributed by atoms with Crippen LogP contribution in [0, 0.1) is 11.3 Å². The van der Waals surface area contributed by atoms with E-state index in [9.17, 15) is 28.2 Å². The number of aromatic nitrogens is 1. The molecule has 1 aromatic heterocycles. The van der Waals surface area contributed by atoms with E-state index in [0.717, 1.165) is 12.1 Å². The highest BCUT2D eigenvalue weighted by Gasteiger charge is 2.32. The zero-order valence-corrected chi connectivity index (χ0v) is 17.5. The van der Waals surface area contributed by atoms with Crippen LogP contribution < -0.4 is 15.0 Å². The fourth-order valence-electron chi connectivity index (χ4n) is 3.70. The number of nitrogens with one attached hydrogen (secondary N) is 2. The van der Waals surface area contributed by atoms with E-state index < -0.39 is 30.2 Å². The van der Waals surface area contributed by atoms with Gasteiger partial charge in [0.1, 0.15) is 17.5 Å². The summed E-state index contributed by atoms with van der Waals surface area (Å²) in [7, 11) is 0. The number of carbonyl (C=O) groups excluding carboxylic acids is 1. The molecule has 4 N–H and O–H groups in total. The standard InChI is InChI=1S/C23H19F3N4O4/c24-23(25,26)34-16-5-2-14(3-6-16)29-22(33)13-1-8-19(30-11-20(31)21(32)12-30)17(9-13)18-7-4-15(10-27)28-18/h1-9,20-21,28,31-32H,11-12H2,(H,29,33)/t20-,21?/m0/s1. The normalized spacial score (nSPS) is 17.9. The number of halogens is 3. The molecule has 3 aromatic rings. The van der Waals surface area contributed by atoms with Gasteiger partial charge in [-0.25, -0.2) is 0 Å². The molecule has 0 radical (unpaired) electrons. The molecule has 2 heterocycles. The summed E-state index contributed by atoms with van der Waals surface area (Å²) >= 11 is 0. The number of alkyl halides is 3. The van der Waals surface area contributed by atoms with Gasteiger partial charge in [-0.3, -0.25) is 4.79 Å². The third kappa shape index (κ3) is 5.14. The summed E-state index contributed by atoms with van der Waals surface area (Å²) in [6.45, 7) is 0.385. The van der Waals surface area contributed by atoms with Gasteiger partial charge in [-0.05, 0) is 54.6 Å². The highest BCUT2D eigenvalue weighted by molar-refractivity contribution is 6.05. The molecule has 1 aliphatic rings. The van der Waals surface area contributed by atoms with Crippen molar-refractivity contribution in [1.82, 2.24) is 4.98 Å². The second kappa shape index (κ2) is 9.09. The molecule has 0 bridgehead atoms. The molecule has 2 aromatic carbocycles. The quantitative estimate of drug-likeness (QED) is 0.452. The van der Waals surface area contributed by atoms with Crippen LogP contribution in [0.5, 0.6) is 5.75 Å². The third-order valence-corrected chi connectivity index (χ3v) is 5.30. The fraction of sp³-hybridized carbons (Fsp3) is 0.217. The van der Waals surface area contributed by atoms with Crippen LogP contribution in [0.3, 0.4) is 0 Å². The van der Waals surface area contributed by atoms with E-state index in [1.165, 1.54) is 12.1 Å². The van der Waals surface area contributed by atoms with Crippen molar-refractivity contribution in [2.75, 3.05) is 23.3 Å². The second-order valence-electron chi connectivity index (χ2n) is 7.70. The van der Waals surface area contributed by atoms with Crippen molar-refractivity contribution in [3.05, 3.63) is 65.9 Å². The van der Waals surface area contributed by atoms with E-state index in [1.54, 1.807) is 35.2 Å². The molecule has 8 nitrogen and oxygen atoms in total. The number of hydrogen-bond donors (Lipinski definition) is 4. The monoisotopic (exact) mass is 472 g/mol. The number of carbonyl (C=O) groups is 1. The van der Waals surface area contributed by atoms with Gasteiger partial charge in [-0.2, -0.15) is 5.26 Å². The van der Waals surface area contributed by atoms with Crippen LogP contribution in [-0.2, 0) is 0 Å². The summed E-state index contributed by atoms with van der Waals surface area (Å²) in [6, 6.07) is 14.8. The van der Waals surface area contributed by atoms with E-state index in [0.29, 0.717) is 22.6 Å². The fourth-order valence-corrected chi connectivity index (χ4v) is 3.70. The second-order valence-corrected chi connectivity index (χ2v) is 7.70. The number of amides is 1. The highest BCUT2D eigenvalue weighted by atomic mass is 19.4. The Hall–Kier alpha value is -4.01. The van der Waals surface area contributed by atoms with Crippen LogP contribution in [0.4, 0.5) is 24.5 Å². The summed E-state index contributed by atoms with van der Waals surface area (Å²) < 4.78 is 40.8. The minimum absolute atomic E-state index is 0.192. The summed E-state index contributed by atoms with van der Waals surface area (Å²) in [5.41, 5.74) is 2.62. The number of benzene rings is 2. The van der Waals surface area contributed by atoms with Gasteiger partial charge in [-0.1, -0.05) is 0 Å². The van der Waals surface area contributed by atoms with Crippen molar-refractivity contribution in [1.29, 1.82) is 5.26 Å². The van der Waals surface area contributed by atoms with Gasteiger partial charge in [0.05, 0.1) is 12.2 Å². The van der Waals surface area contributed by atoms with Crippen molar-refractivity contribution in [3.8, 4) is 23.1 Å². The number of aliphatic hydroxyl groups is 2. The van der Waals surface area contributed by atoms with Crippen molar-refractivity contribution in [3.63, 3.8) is 0 Å². The lowest BCUT2D eigenvalue weighted by atomic mass is 10.0. The Balaban J connectivity index is 1.60. The average molecular weight is 472 g/mol. The zero-order chi connectivity index (χ0) is 24.5. The van der Waals surface area contributed by atoms with Gasteiger partial charge in [0, 0.05) is 41.3 Å². The topological polar surface area (TPSA) is 122 Å². The first kappa shape index (κ1) is 23.2. The first-order chi connectivity index (χ1) is 16.1. The SMILES string of the molecule is N#Cc1ccc(-c2cc(C(=O)Nc3ccc(OC(F)(F)F)cc3)ccc2N2CC(O)[C@@H](O)C2)[nH]1. The van der Waals surface area contributed by atoms with Gasteiger partial charge < -0.3 is 30.2 Å². The number of nitriles is 1. The number of H-pyrrole nitrogens is 1. The maximum atomic E-state index is 12.8. The molecule has 0 spiro atoms. The Morgan fingerprint density at radius 1 is 1.09 bits per heavy atom. The van der Waals surface area contributed by atoms with E-state index >= 15 is 0 Å². The molecular formula is C23H19F3N4O4. The average Bonchev–Trinajstić information content (AvgIpc) is 3.40. The van der Waals surface area contributed by atoms with Crippen LogP contribution in [0.15, 0.2) is 54.6 Å². The number of β-amino-alcohol motifs (C(OH)–C–C–N with tert-alkyl or cyclic N) is 2. The summed E-state index contributed by atoms with van der Waals surface area (Å²) in [6.07, 6.45) is -6.65. The van der Waals surface area contributed by atoms with Gasteiger partial charge in [0.25, 0.3) is 5.91 Å². The molecule has 1 fully saturated rings. The number of anilines is 2. The molecule has 1 aliphatic heterocycles. The lowest BCUT2D eigenvalue weighted by molar-refractivity contribution is -0.274. The first-order valence-electron chi connectivity index (χ1n) is 10.1. The van der Waals surface area contributed by atoms with Crippen LogP contribution in [-0.4, -0.2) is 52.8 Å². The molecule has 0 saturated carbocycles. The van der Waals surface area contributed by atoms with Crippen LogP contribution in [0.2, 0.25) is 0 Å². The van der Waals surface area contributed by atoms with Gasteiger partial charge in [0.2, 0.25) is 0 Å². The molecule has 2 atom stereocenters. The maximum absolute atomic E-state index is 12.8. The minimum atomic E-state index is -4.81. The largest absolute Gasteiger partial charge is 0.573 e. The Bertz CT molecular complexity index is 1220. The van der Waals surface area contributed by atoms with Crippen LogP contribution in [0.25, 0.3) is 11.3 Å². The van der Waals surface area contributed by atoms with Crippen LogP contribution in [0.1, 0.15) is 16.1 Å². The predicted octanol–water partition coefficient (Wildman–Crippen LogP) is 3.25. The molecule has 1 amide bonds. The summed E-state index contributed by atoms with van der Waals surface area (Å²) in [5, 5.41) is 31.6. The summed E-state index contributed by atoms with van der Waals surface area (Å²) in [4.78, 5) is 17.6. The first-order valence-corrected chi connectivity index (χ1v) is 10.1. The zero-order valence-electron chi connectivity index (χ0n) is 17.5. The Labute approximate surface area is 191 Å². The number of rotatable bonds is 5. The van der Waals surface area contributed by atoms with Crippen molar-refractivity contribution in [2.45, 2.75) is 18.6 Å².